The van der Waals surface area contributed by atoms with Crippen molar-refractivity contribution in [3.63, 3.8) is 0 Å². The van der Waals surface area contributed by atoms with Crippen molar-refractivity contribution in [1.82, 2.24) is 29.7 Å². The third kappa shape index (κ3) is 3.96. The maximum Gasteiger partial charge on any atom is 0.336 e. The maximum atomic E-state index is 15.1. The predicted molar refractivity (Wildman–Crippen MR) is 109 cm³/mol. The van der Waals surface area contributed by atoms with Crippen molar-refractivity contribution >= 4 is 0 Å². The fraction of sp³-hybridized carbons (Fsp3) is 0.476. The molecule has 0 spiro atoms. The van der Waals surface area contributed by atoms with Gasteiger partial charge in [-0.1, -0.05) is 25.4 Å². The van der Waals surface area contributed by atoms with E-state index in [0.717, 1.165) is 25.7 Å². The van der Waals surface area contributed by atoms with Crippen LogP contribution in [0.1, 0.15) is 46.0 Å². The summed E-state index contributed by atoms with van der Waals surface area (Å²) in [7, 11) is 0. The highest BCUT2D eigenvalue weighted by molar-refractivity contribution is 5.57. The van der Waals surface area contributed by atoms with Crippen molar-refractivity contribution in [2.24, 2.45) is 5.41 Å². The summed E-state index contributed by atoms with van der Waals surface area (Å²) < 4.78 is 22.6. The summed E-state index contributed by atoms with van der Waals surface area (Å²) >= 11 is 0. The number of halogens is 1. The zero-order valence-electron chi connectivity index (χ0n) is 17.1. The zero-order chi connectivity index (χ0) is 21.1. The van der Waals surface area contributed by atoms with E-state index in [1.54, 1.807) is 29.5 Å². The van der Waals surface area contributed by atoms with Crippen LogP contribution in [0.25, 0.3) is 17.1 Å². The Balaban J connectivity index is 1.51. The lowest BCUT2D eigenvalue weighted by atomic mass is 9.78. The third-order valence-electron chi connectivity index (χ3n) is 6.04. The Kier molecular flexibility index (Phi) is 5.61. The summed E-state index contributed by atoms with van der Waals surface area (Å²) in [6.45, 7) is 3.98. The Labute approximate surface area is 173 Å². The Hall–Kier alpha value is -3.10. The second-order valence-corrected chi connectivity index (χ2v) is 8.00. The molecule has 3 aromatic rings. The molecule has 0 amide bonds. The fourth-order valence-corrected chi connectivity index (χ4v) is 3.89. The van der Waals surface area contributed by atoms with E-state index in [-0.39, 0.29) is 11.4 Å². The van der Waals surface area contributed by atoms with Crippen LogP contribution >= 0.6 is 0 Å². The zero-order valence-corrected chi connectivity index (χ0v) is 17.1. The fourth-order valence-electron chi connectivity index (χ4n) is 3.89. The number of hydrogen-bond acceptors (Lipinski definition) is 6. The van der Waals surface area contributed by atoms with Gasteiger partial charge in [0.1, 0.15) is 30.1 Å². The van der Waals surface area contributed by atoms with E-state index in [1.807, 2.05) is 13.8 Å². The van der Waals surface area contributed by atoms with E-state index in [9.17, 15) is 4.79 Å². The van der Waals surface area contributed by atoms with Crippen molar-refractivity contribution in [2.75, 3.05) is 0 Å². The standard InChI is InChI=1S/C21H25FN6O2/c1-3-21(2)7-5-4-6-17(19(21)22)30-20-25-12-15(26-27-20)14-11-24-18(10-16(14)29)28-9-8-23-13-28/h8-13,17,19H,3-7H2,1-2H3,(H,24,29)/t17-,19+,21+/m0/s1. The van der Waals surface area contributed by atoms with Crippen LogP contribution in [0.3, 0.4) is 0 Å². The molecule has 30 heavy (non-hydrogen) atoms. The van der Waals surface area contributed by atoms with Gasteiger partial charge in [0, 0.05) is 30.1 Å². The topological polar surface area (TPSA) is 98.6 Å². The number of aromatic nitrogens is 6. The lowest BCUT2D eigenvalue weighted by Gasteiger charge is -2.33. The first-order valence-electron chi connectivity index (χ1n) is 10.2. The number of alkyl halides is 1. The summed E-state index contributed by atoms with van der Waals surface area (Å²) in [5.74, 6) is 0.587. The Morgan fingerprint density at radius 3 is 2.90 bits per heavy atom. The predicted octanol–water partition coefficient (Wildman–Crippen LogP) is 3.49. The highest BCUT2D eigenvalue weighted by Crippen LogP contribution is 2.40. The SMILES string of the molecule is CC[C@]1(C)CCCC[C@H](Oc2ncc(-c3c[nH]c(-n4ccnc4)cc3=O)nn2)[C@H]1F. The number of pyridine rings is 1. The highest BCUT2D eigenvalue weighted by atomic mass is 19.1. The largest absolute Gasteiger partial charge is 0.456 e. The van der Waals surface area contributed by atoms with Crippen molar-refractivity contribution in [2.45, 2.75) is 58.2 Å². The van der Waals surface area contributed by atoms with Gasteiger partial charge in [-0.3, -0.25) is 9.36 Å². The first-order valence-corrected chi connectivity index (χ1v) is 10.2. The summed E-state index contributed by atoms with van der Waals surface area (Å²) in [6.07, 6.45) is 10.4. The van der Waals surface area contributed by atoms with Gasteiger partial charge in [-0.05, 0) is 25.7 Å². The van der Waals surface area contributed by atoms with Crippen LogP contribution in [0, 0.1) is 5.41 Å². The third-order valence-corrected chi connectivity index (χ3v) is 6.04. The van der Waals surface area contributed by atoms with Gasteiger partial charge < -0.3 is 9.72 Å². The molecule has 3 aromatic heterocycles. The molecule has 4 rings (SSSR count). The summed E-state index contributed by atoms with van der Waals surface area (Å²) in [5.41, 5.74) is 0.0194. The maximum absolute atomic E-state index is 15.1. The monoisotopic (exact) mass is 412 g/mol. The van der Waals surface area contributed by atoms with Gasteiger partial charge in [0.25, 0.3) is 0 Å². The molecule has 1 N–H and O–H groups in total. The van der Waals surface area contributed by atoms with Gasteiger partial charge >= 0.3 is 6.01 Å². The second-order valence-electron chi connectivity index (χ2n) is 8.00. The van der Waals surface area contributed by atoms with Crippen molar-refractivity contribution in [1.29, 1.82) is 0 Å². The smallest absolute Gasteiger partial charge is 0.336 e. The first-order chi connectivity index (χ1) is 14.5. The quantitative estimate of drug-likeness (QED) is 0.644. The van der Waals surface area contributed by atoms with Crippen molar-refractivity contribution in [3.8, 4) is 23.1 Å². The molecule has 0 radical (unpaired) electrons. The number of rotatable bonds is 5. The van der Waals surface area contributed by atoms with E-state index in [1.165, 1.54) is 12.3 Å². The van der Waals surface area contributed by atoms with Gasteiger partial charge in [0.05, 0.1) is 11.8 Å². The summed E-state index contributed by atoms with van der Waals surface area (Å²) in [4.78, 5) is 23.7. The minimum atomic E-state index is -1.09. The average molecular weight is 412 g/mol. The van der Waals surface area contributed by atoms with E-state index >= 15 is 4.39 Å². The number of imidazole rings is 1. The molecule has 1 aliphatic rings. The first kappa shape index (κ1) is 20.2. The number of nitrogens with zero attached hydrogens (tertiary/aromatic N) is 5. The molecule has 3 heterocycles. The van der Waals surface area contributed by atoms with E-state index in [4.69, 9.17) is 4.74 Å². The molecule has 158 valence electrons. The number of H-pyrrole nitrogens is 1. The Bertz CT molecular complexity index is 1040. The van der Waals surface area contributed by atoms with Crippen LogP contribution in [0.4, 0.5) is 4.39 Å². The second kappa shape index (κ2) is 8.33. The van der Waals surface area contributed by atoms with E-state index < -0.39 is 17.7 Å². The van der Waals surface area contributed by atoms with Crippen molar-refractivity contribution in [3.05, 3.63) is 47.4 Å². The molecule has 0 saturated heterocycles. The molecular formula is C21H25FN6O2. The molecule has 0 unspecified atom stereocenters. The number of nitrogens with one attached hydrogen (secondary N) is 1. The average Bonchev–Trinajstić information content (AvgIpc) is 3.26. The molecular weight excluding hydrogens is 387 g/mol. The van der Waals surface area contributed by atoms with Crippen LogP contribution in [0.15, 0.2) is 42.0 Å². The number of ether oxygens (including phenoxy) is 1. The summed E-state index contributed by atoms with van der Waals surface area (Å²) in [5, 5.41) is 8.06. The lowest BCUT2D eigenvalue weighted by Crippen LogP contribution is -2.39. The Morgan fingerprint density at radius 1 is 1.37 bits per heavy atom. The molecule has 8 nitrogen and oxygen atoms in total. The minimum Gasteiger partial charge on any atom is -0.456 e. The summed E-state index contributed by atoms with van der Waals surface area (Å²) in [6, 6.07) is 1.48. The highest BCUT2D eigenvalue weighted by Gasteiger charge is 2.41. The van der Waals surface area contributed by atoms with Gasteiger partial charge in [0.2, 0.25) is 0 Å². The number of hydrogen-bond donors (Lipinski definition) is 1. The van der Waals surface area contributed by atoms with Crippen LogP contribution in [0.2, 0.25) is 0 Å². The molecule has 0 aromatic carbocycles. The molecule has 1 fully saturated rings. The van der Waals surface area contributed by atoms with E-state index in [0.29, 0.717) is 23.5 Å². The number of aromatic amines is 1. The van der Waals surface area contributed by atoms with Gasteiger partial charge in [-0.25, -0.2) is 14.4 Å². The van der Waals surface area contributed by atoms with Gasteiger partial charge in [-0.15, -0.1) is 5.10 Å². The molecule has 0 aliphatic heterocycles. The molecule has 9 heteroatoms. The van der Waals surface area contributed by atoms with Crippen LogP contribution < -0.4 is 10.2 Å². The van der Waals surface area contributed by atoms with E-state index in [2.05, 4.69) is 25.1 Å². The Morgan fingerprint density at radius 2 is 2.23 bits per heavy atom. The molecule has 1 saturated carbocycles. The van der Waals surface area contributed by atoms with Gasteiger partial charge in [-0.2, -0.15) is 0 Å². The molecule has 3 atom stereocenters. The lowest BCUT2D eigenvalue weighted by molar-refractivity contribution is 0.00773. The normalized spacial score (nSPS) is 24.4. The molecule has 0 bridgehead atoms. The molecule has 1 aliphatic carbocycles. The van der Waals surface area contributed by atoms with Crippen LogP contribution in [-0.4, -0.2) is 42.0 Å². The van der Waals surface area contributed by atoms with Crippen LogP contribution in [0.5, 0.6) is 6.01 Å². The van der Waals surface area contributed by atoms with Gasteiger partial charge in [0.15, 0.2) is 5.43 Å². The van der Waals surface area contributed by atoms with Crippen molar-refractivity contribution < 1.29 is 9.13 Å². The minimum absolute atomic E-state index is 0.0261. The van der Waals surface area contributed by atoms with Crippen LogP contribution in [-0.2, 0) is 0 Å².